The summed E-state index contributed by atoms with van der Waals surface area (Å²) in [4.78, 5) is 0. The molecular weight excluding hydrogens is 275 g/mol. The SMILES string of the molecule is Cc1cc(F)ccc1-c1cccc2c1C1CCNCCC1N2. The lowest BCUT2D eigenvalue weighted by atomic mass is 9.85. The van der Waals surface area contributed by atoms with E-state index in [0.29, 0.717) is 12.0 Å². The van der Waals surface area contributed by atoms with Crippen LogP contribution in [0.3, 0.4) is 0 Å². The summed E-state index contributed by atoms with van der Waals surface area (Å²) in [5, 5.41) is 7.20. The number of aryl methyl sites for hydroxylation is 1. The lowest BCUT2D eigenvalue weighted by Crippen LogP contribution is -2.21. The van der Waals surface area contributed by atoms with E-state index in [9.17, 15) is 4.39 Å². The first-order valence-electron chi connectivity index (χ1n) is 8.11. The molecule has 1 fully saturated rings. The van der Waals surface area contributed by atoms with E-state index >= 15 is 0 Å². The molecule has 3 heteroatoms. The van der Waals surface area contributed by atoms with Gasteiger partial charge in [0.15, 0.2) is 0 Å². The van der Waals surface area contributed by atoms with Crippen molar-refractivity contribution in [2.75, 3.05) is 18.4 Å². The second-order valence-electron chi connectivity index (χ2n) is 6.41. The quantitative estimate of drug-likeness (QED) is 0.829. The summed E-state index contributed by atoms with van der Waals surface area (Å²) in [6, 6.07) is 12.1. The molecule has 2 aliphatic rings. The summed E-state index contributed by atoms with van der Waals surface area (Å²) in [6.07, 6.45) is 2.31. The molecule has 0 aromatic heterocycles. The third-order valence-corrected chi connectivity index (χ3v) is 5.05. The first-order chi connectivity index (χ1) is 10.7. The standard InChI is InChI=1S/C19H21FN2/c1-12-11-13(20)5-6-14(12)15-3-2-4-18-19(15)16-7-9-21-10-8-17(16)22-18/h2-6,11,16-17,21-22H,7-10H2,1H3. The van der Waals surface area contributed by atoms with E-state index in [1.165, 1.54) is 16.8 Å². The van der Waals surface area contributed by atoms with Crippen molar-refractivity contribution >= 4 is 5.69 Å². The Bertz CT molecular complexity index is 711. The van der Waals surface area contributed by atoms with Gasteiger partial charge in [-0.1, -0.05) is 18.2 Å². The highest BCUT2D eigenvalue weighted by Crippen LogP contribution is 2.45. The van der Waals surface area contributed by atoms with Gasteiger partial charge in [-0.2, -0.15) is 0 Å². The largest absolute Gasteiger partial charge is 0.381 e. The highest BCUT2D eigenvalue weighted by molar-refractivity contribution is 5.79. The minimum absolute atomic E-state index is 0.163. The van der Waals surface area contributed by atoms with Crippen molar-refractivity contribution < 1.29 is 4.39 Å². The number of nitrogens with one attached hydrogen (secondary N) is 2. The van der Waals surface area contributed by atoms with Crippen LogP contribution in [0.5, 0.6) is 0 Å². The van der Waals surface area contributed by atoms with Gasteiger partial charge in [0.2, 0.25) is 0 Å². The first-order valence-corrected chi connectivity index (χ1v) is 8.11. The van der Waals surface area contributed by atoms with Gasteiger partial charge in [0, 0.05) is 17.6 Å². The third-order valence-electron chi connectivity index (χ3n) is 5.05. The van der Waals surface area contributed by atoms with Gasteiger partial charge in [-0.05, 0) is 73.3 Å². The third kappa shape index (κ3) is 2.20. The fraction of sp³-hybridized carbons (Fsp3) is 0.368. The molecule has 0 bridgehead atoms. The lowest BCUT2D eigenvalue weighted by molar-refractivity contribution is 0.579. The van der Waals surface area contributed by atoms with Gasteiger partial charge in [0.25, 0.3) is 0 Å². The van der Waals surface area contributed by atoms with Crippen LogP contribution >= 0.6 is 0 Å². The lowest BCUT2D eigenvalue weighted by Gasteiger charge is -2.19. The van der Waals surface area contributed by atoms with Crippen molar-refractivity contribution in [2.24, 2.45) is 0 Å². The van der Waals surface area contributed by atoms with Crippen molar-refractivity contribution in [1.82, 2.24) is 5.32 Å². The molecule has 2 nitrogen and oxygen atoms in total. The molecule has 2 N–H and O–H groups in total. The molecule has 2 heterocycles. The van der Waals surface area contributed by atoms with Crippen LogP contribution < -0.4 is 10.6 Å². The van der Waals surface area contributed by atoms with E-state index in [1.807, 2.05) is 13.0 Å². The van der Waals surface area contributed by atoms with Gasteiger partial charge >= 0.3 is 0 Å². The zero-order valence-electron chi connectivity index (χ0n) is 12.8. The topological polar surface area (TPSA) is 24.1 Å². The molecule has 2 aromatic carbocycles. The van der Waals surface area contributed by atoms with Crippen LogP contribution in [-0.4, -0.2) is 19.1 Å². The summed E-state index contributed by atoms with van der Waals surface area (Å²) in [5.41, 5.74) is 6.10. The maximum Gasteiger partial charge on any atom is 0.123 e. The number of halogens is 1. The van der Waals surface area contributed by atoms with Crippen LogP contribution in [0.4, 0.5) is 10.1 Å². The monoisotopic (exact) mass is 296 g/mol. The fourth-order valence-corrected chi connectivity index (χ4v) is 4.02. The van der Waals surface area contributed by atoms with Crippen molar-refractivity contribution in [3.05, 3.63) is 53.3 Å². The van der Waals surface area contributed by atoms with Crippen LogP contribution in [-0.2, 0) is 0 Å². The summed E-state index contributed by atoms with van der Waals surface area (Å²) < 4.78 is 13.4. The van der Waals surface area contributed by atoms with E-state index < -0.39 is 0 Å². The molecule has 2 unspecified atom stereocenters. The smallest absolute Gasteiger partial charge is 0.123 e. The van der Waals surface area contributed by atoms with Crippen LogP contribution in [0.25, 0.3) is 11.1 Å². The normalized spacial score (nSPS) is 23.4. The Kier molecular flexibility index (Phi) is 3.38. The highest BCUT2D eigenvalue weighted by atomic mass is 19.1. The van der Waals surface area contributed by atoms with Crippen molar-refractivity contribution in [1.29, 1.82) is 0 Å². The van der Waals surface area contributed by atoms with E-state index in [-0.39, 0.29) is 5.82 Å². The van der Waals surface area contributed by atoms with E-state index in [1.54, 1.807) is 12.1 Å². The van der Waals surface area contributed by atoms with E-state index in [4.69, 9.17) is 0 Å². The predicted octanol–water partition coefficient (Wildman–Crippen LogP) is 4.06. The second kappa shape index (κ2) is 5.40. The number of benzene rings is 2. The first kappa shape index (κ1) is 13.8. The average Bonchev–Trinajstić information content (AvgIpc) is 2.70. The highest BCUT2D eigenvalue weighted by Gasteiger charge is 2.34. The number of hydrogen-bond acceptors (Lipinski definition) is 2. The maximum atomic E-state index is 13.4. The van der Waals surface area contributed by atoms with Crippen LogP contribution in [0.15, 0.2) is 36.4 Å². The molecule has 2 aromatic rings. The number of rotatable bonds is 1. The molecule has 22 heavy (non-hydrogen) atoms. The number of hydrogen-bond donors (Lipinski definition) is 2. The number of anilines is 1. The predicted molar refractivity (Wildman–Crippen MR) is 88.8 cm³/mol. The van der Waals surface area contributed by atoms with Crippen LogP contribution in [0, 0.1) is 12.7 Å². The van der Waals surface area contributed by atoms with Gasteiger partial charge in [-0.15, -0.1) is 0 Å². The Morgan fingerprint density at radius 3 is 2.77 bits per heavy atom. The van der Waals surface area contributed by atoms with Gasteiger partial charge < -0.3 is 10.6 Å². The summed E-state index contributed by atoms with van der Waals surface area (Å²) in [5.74, 6) is 0.383. The molecule has 2 aliphatic heterocycles. The Labute approximate surface area is 130 Å². The molecule has 0 aliphatic carbocycles. The molecule has 0 spiro atoms. The Balaban J connectivity index is 1.84. The molecule has 0 amide bonds. The van der Waals surface area contributed by atoms with Gasteiger partial charge in [-0.3, -0.25) is 0 Å². The van der Waals surface area contributed by atoms with E-state index in [0.717, 1.165) is 37.1 Å². The van der Waals surface area contributed by atoms with Crippen LogP contribution in [0.1, 0.15) is 29.9 Å². The zero-order valence-corrected chi connectivity index (χ0v) is 12.8. The van der Waals surface area contributed by atoms with Gasteiger partial charge in [0.1, 0.15) is 5.82 Å². The Morgan fingerprint density at radius 2 is 1.91 bits per heavy atom. The molecule has 4 rings (SSSR count). The summed E-state index contributed by atoms with van der Waals surface area (Å²) in [7, 11) is 0. The van der Waals surface area contributed by atoms with Crippen LogP contribution in [0.2, 0.25) is 0 Å². The van der Waals surface area contributed by atoms with Gasteiger partial charge in [-0.25, -0.2) is 4.39 Å². The molecule has 0 saturated carbocycles. The molecule has 0 radical (unpaired) electrons. The molecule has 2 atom stereocenters. The molecule has 1 saturated heterocycles. The zero-order chi connectivity index (χ0) is 15.1. The van der Waals surface area contributed by atoms with Crippen molar-refractivity contribution in [3.63, 3.8) is 0 Å². The Hall–Kier alpha value is -1.87. The van der Waals surface area contributed by atoms with Gasteiger partial charge in [0.05, 0.1) is 0 Å². The van der Waals surface area contributed by atoms with Crippen molar-refractivity contribution in [2.45, 2.75) is 31.7 Å². The Morgan fingerprint density at radius 1 is 1.05 bits per heavy atom. The fourth-order valence-electron chi connectivity index (χ4n) is 4.02. The summed E-state index contributed by atoms with van der Waals surface area (Å²) in [6.45, 7) is 4.14. The second-order valence-corrected chi connectivity index (χ2v) is 6.41. The minimum atomic E-state index is -0.163. The van der Waals surface area contributed by atoms with E-state index in [2.05, 4.69) is 28.8 Å². The number of fused-ring (bicyclic) bond motifs is 3. The van der Waals surface area contributed by atoms with Crippen molar-refractivity contribution in [3.8, 4) is 11.1 Å². The maximum absolute atomic E-state index is 13.4. The summed E-state index contributed by atoms with van der Waals surface area (Å²) >= 11 is 0. The minimum Gasteiger partial charge on any atom is -0.381 e. The molecular formula is C19H21FN2. The molecule has 114 valence electrons. The average molecular weight is 296 g/mol.